The van der Waals surface area contributed by atoms with E-state index >= 15 is 0 Å². The molecule has 3 rings (SSSR count). The van der Waals surface area contributed by atoms with E-state index in [1.165, 1.54) is 25.7 Å². The smallest absolute Gasteiger partial charge is 0.163 e. The van der Waals surface area contributed by atoms with Gasteiger partial charge in [0.05, 0.1) is 11.6 Å². The summed E-state index contributed by atoms with van der Waals surface area (Å²) in [5.74, 6) is 0.981. The van der Waals surface area contributed by atoms with E-state index in [1.807, 2.05) is 13.2 Å². The Morgan fingerprint density at radius 2 is 2.11 bits per heavy atom. The van der Waals surface area contributed by atoms with E-state index in [2.05, 4.69) is 42.9 Å². The molecule has 1 saturated carbocycles. The van der Waals surface area contributed by atoms with E-state index in [-0.39, 0.29) is 0 Å². The van der Waals surface area contributed by atoms with Crippen molar-refractivity contribution < 1.29 is 0 Å². The second-order valence-electron chi connectivity index (χ2n) is 5.18. The maximum Gasteiger partial charge on any atom is 0.163 e. The highest BCUT2D eigenvalue weighted by Crippen LogP contribution is 2.32. The van der Waals surface area contributed by atoms with Gasteiger partial charge in [-0.25, -0.2) is 9.97 Å². The summed E-state index contributed by atoms with van der Waals surface area (Å²) in [4.78, 5) is 11.6. The Morgan fingerprint density at radius 3 is 2.89 bits per heavy atom. The maximum atomic E-state index is 4.47. The molecule has 2 unspecified atom stereocenters. The van der Waals surface area contributed by atoms with Crippen LogP contribution in [-0.2, 0) is 7.05 Å². The number of fused-ring (bicyclic) bond motifs is 1. The predicted octanol–water partition coefficient (Wildman–Crippen LogP) is 2.51. The van der Waals surface area contributed by atoms with Gasteiger partial charge in [0.1, 0.15) is 12.1 Å². The Balaban J connectivity index is 1.99. The average molecular weight is 324 g/mol. The van der Waals surface area contributed by atoms with Crippen molar-refractivity contribution in [3.05, 3.63) is 12.5 Å². The molecule has 0 N–H and O–H groups in total. The molecular weight excluding hydrogens is 306 g/mol. The largest absolute Gasteiger partial charge is 0.355 e. The molecule has 0 amide bonds. The highest BCUT2D eigenvalue weighted by Gasteiger charge is 2.28. The van der Waals surface area contributed by atoms with Crippen LogP contribution in [0.1, 0.15) is 25.7 Å². The van der Waals surface area contributed by atoms with E-state index in [1.54, 1.807) is 11.0 Å². The molecule has 0 bridgehead atoms. The summed E-state index contributed by atoms with van der Waals surface area (Å²) in [6.45, 7) is 0. The van der Waals surface area contributed by atoms with Crippen LogP contribution in [-0.4, -0.2) is 37.7 Å². The summed E-state index contributed by atoms with van der Waals surface area (Å²) in [5.41, 5.74) is 0.888. The Labute approximate surface area is 121 Å². The van der Waals surface area contributed by atoms with Crippen LogP contribution in [0.5, 0.6) is 0 Å². The van der Waals surface area contributed by atoms with Crippen LogP contribution in [0.25, 0.3) is 11.0 Å². The van der Waals surface area contributed by atoms with E-state index in [0.717, 1.165) is 16.9 Å². The van der Waals surface area contributed by atoms with Crippen molar-refractivity contribution >= 4 is 32.8 Å². The third-order valence-corrected chi connectivity index (χ3v) is 5.06. The van der Waals surface area contributed by atoms with Gasteiger partial charge in [-0.2, -0.15) is 5.10 Å². The number of aryl methyl sites for hydroxylation is 1. The number of aromatic nitrogens is 4. The summed E-state index contributed by atoms with van der Waals surface area (Å²) >= 11 is 3.82. The Morgan fingerprint density at radius 1 is 1.32 bits per heavy atom. The first kappa shape index (κ1) is 12.8. The summed E-state index contributed by atoms with van der Waals surface area (Å²) in [6, 6.07) is 0.493. The zero-order valence-electron chi connectivity index (χ0n) is 11.3. The van der Waals surface area contributed by atoms with Crippen molar-refractivity contribution in [2.75, 3.05) is 11.9 Å². The average Bonchev–Trinajstić information content (AvgIpc) is 2.80. The van der Waals surface area contributed by atoms with Crippen LogP contribution in [0.15, 0.2) is 12.5 Å². The number of alkyl halides is 1. The SMILES string of the molecule is CN(c1ncnc2c1cnn2C)C1CCCCC1Br. The summed E-state index contributed by atoms with van der Waals surface area (Å²) in [7, 11) is 4.03. The van der Waals surface area contributed by atoms with Gasteiger partial charge in [0.15, 0.2) is 5.65 Å². The van der Waals surface area contributed by atoms with Crippen LogP contribution in [0.2, 0.25) is 0 Å². The number of anilines is 1. The molecule has 102 valence electrons. The monoisotopic (exact) mass is 323 g/mol. The van der Waals surface area contributed by atoms with Crippen LogP contribution < -0.4 is 4.90 Å². The zero-order chi connectivity index (χ0) is 13.4. The number of rotatable bonds is 2. The summed E-state index contributed by atoms with van der Waals surface area (Å²) in [6.07, 6.45) is 8.52. The predicted molar refractivity (Wildman–Crippen MR) is 79.7 cm³/mol. The lowest BCUT2D eigenvalue weighted by atomic mass is 9.94. The minimum absolute atomic E-state index is 0.493. The molecule has 2 heterocycles. The van der Waals surface area contributed by atoms with Gasteiger partial charge in [0.25, 0.3) is 0 Å². The van der Waals surface area contributed by atoms with Gasteiger partial charge in [-0.05, 0) is 12.8 Å². The molecule has 1 aliphatic rings. The second-order valence-corrected chi connectivity index (χ2v) is 6.36. The molecule has 0 spiro atoms. The third-order valence-electron chi connectivity index (χ3n) is 3.99. The van der Waals surface area contributed by atoms with Crippen LogP contribution in [0.4, 0.5) is 5.82 Å². The first-order valence-electron chi connectivity index (χ1n) is 6.68. The molecule has 6 heteroatoms. The molecule has 2 atom stereocenters. The van der Waals surface area contributed by atoms with Gasteiger partial charge in [0, 0.05) is 25.0 Å². The van der Waals surface area contributed by atoms with Crippen LogP contribution >= 0.6 is 15.9 Å². The third kappa shape index (κ3) is 2.22. The molecule has 0 saturated heterocycles. The van der Waals surface area contributed by atoms with Crippen molar-refractivity contribution in [1.29, 1.82) is 0 Å². The molecule has 2 aromatic heterocycles. The Kier molecular flexibility index (Phi) is 3.43. The van der Waals surface area contributed by atoms with Crippen LogP contribution in [0.3, 0.4) is 0 Å². The first-order valence-corrected chi connectivity index (χ1v) is 7.59. The zero-order valence-corrected chi connectivity index (χ0v) is 12.8. The molecule has 0 aliphatic heterocycles. The second kappa shape index (κ2) is 5.07. The number of halogens is 1. The minimum Gasteiger partial charge on any atom is -0.355 e. The highest BCUT2D eigenvalue weighted by atomic mass is 79.9. The topological polar surface area (TPSA) is 46.8 Å². The lowest BCUT2D eigenvalue weighted by Crippen LogP contribution is -2.41. The van der Waals surface area contributed by atoms with Gasteiger partial charge >= 0.3 is 0 Å². The van der Waals surface area contributed by atoms with Crippen molar-refractivity contribution in [2.45, 2.75) is 36.6 Å². The summed E-state index contributed by atoms with van der Waals surface area (Å²) < 4.78 is 1.79. The van der Waals surface area contributed by atoms with Gasteiger partial charge < -0.3 is 4.90 Å². The fourth-order valence-corrected chi connectivity index (χ4v) is 3.83. The molecule has 0 radical (unpaired) electrons. The highest BCUT2D eigenvalue weighted by molar-refractivity contribution is 9.09. The fraction of sp³-hybridized carbons (Fsp3) is 0.615. The van der Waals surface area contributed by atoms with Crippen molar-refractivity contribution in [3.63, 3.8) is 0 Å². The normalized spacial score (nSPS) is 23.7. The Bertz CT molecular complexity index is 581. The van der Waals surface area contributed by atoms with Crippen molar-refractivity contribution in [3.8, 4) is 0 Å². The standard InChI is InChI=1S/C13H18BrN5/c1-18(11-6-4-3-5-10(11)14)12-9-7-17-19(2)13(9)16-8-15-12/h7-8,10-11H,3-6H2,1-2H3. The molecular formula is C13H18BrN5. The van der Waals surface area contributed by atoms with Crippen LogP contribution in [0, 0.1) is 0 Å². The van der Waals surface area contributed by atoms with Gasteiger partial charge in [-0.3, -0.25) is 4.68 Å². The molecule has 5 nitrogen and oxygen atoms in total. The lowest BCUT2D eigenvalue weighted by molar-refractivity contribution is 0.443. The van der Waals surface area contributed by atoms with Crippen molar-refractivity contribution in [2.24, 2.45) is 7.05 Å². The van der Waals surface area contributed by atoms with Crippen molar-refractivity contribution in [1.82, 2.24) is 19.7 Å². The molecule has 0 aromatic carbocycles. The van der Waals surface area contributed by atoms with E-state index < -0.39 is 0 Å². The van der Waals surface area contributed by atoms with E-state index in [4.69, 9.17) is 0 Å². The number of nitrogens with zero attached hydrogens (tertiary/aromatic N) is 5. The summed E-state index contributed by atoms with van der Waals surface area (Å²) in [5, 5.41) is 5.30. The van der Waals surface area contributed by atoms with E-state index in [0.29, 0.717) is 10.9 Å². The first-order chi connectivity index (χ1) is 9.18. The lowest BCUT2D eigenvalue weighted by Gasteiger charge is -2.36. The Hall–Kier alpha value is -1.17. The quantitative estimate of drug-likeness (QED) is 0.797. The molecule has 1 fully saturated rings. The maximum absolute atomic E-state index is 4.47. The molecule has 19 heavy (non-hydrogen) atoms. The molecule has 1 aliphatic carbocycles. The fourth-order valence-electron chi connectivity index (χ4n) is 2.89. The minimum atomic E-state index is 0.493. The van der Waals surface area contributed by atoms with E-state index in [9.17, 15) is 0 Å². The van der Waals surface area contributed by atoms with Gasteiger partial charge in [0.2, 0.25) is 0 Å². The van der Waals surface area contributed by atoms with Gasteiger partial charge in [-0.15, -0.1) is 0 Å². The van der Waals surface area contributed by atoms with Gasteiger partial charge in [-0.1, -0.05) is 28.8 Å². The number of hydrogen-bond acceptors (Lipinski definition) is 4. The number of hydrogen-bond donors (Lipinski definition) is 0. The molecule has 2 aromatic rings.